The average molecular weight is 326 g/mol. The molecule has 0 aromatic heterocycles. The van der Waals surface area contributed by atoms with Crippen LogP contribution in [-0.2, 0) is 4.79 Å². The van der Waals surface area contributed by atoms with Gasteiger partial charge in [0.2, 0.25) is 0 Å². The highest BCUT2D eigenvalue weighted by atomic mass is 16.1. The molecule has 0 saturated heterocycles. The number of Topliss-reactive ketones (excluding diaryl/α,β-unsaturated/α-hetero) is 1. The molecule has 0 saturated carbocycles. The van der Waals surface area contributed by atoms with Gasteiger partial charge < -0.3 is 0 Å². The van der Waals surface area contributed by atoms with Gasteiger partial charge in [-0.3, -0.25) is 4.79 Å². The molecule has 3 aromatic carbocycles. The fourth-order valence-electron chi connectivity index (χ4n) is 3.93. The maximum atomic E-state index is 13.2. The van der Waals surface area contributed by atoms with Gasteiger partial charge in [-0.1, -0.05) is 86.1 Å². The van der Waals surface area contributed by atoms with Crippen molar-refractivity contribution in [1.29, 1.82) is 0 Å². The van der Waals surface area contributed by atoms with Gasteiger partial charge in [-0.25, -0.2) is 0 Å². The largest absolute Gasteiger partial charge is 0.294 e. The van der Waals surface area contributed by atoms with Crippen molar-refractivity contribution in [2.45, 2.75) is 32.1 Å². The predicted molar refractivity (Wildman–Crippen MR) is 105 cm³/mol. The van der Waals surface area contributed by atoms with Gasteiger partial charge >= 0.3 is 0 Å². The van der Waals surface area contributed by atoms with Crippen LogP contribution in [0.25, 0.3) is 16.3 Å². The number of allylic oxidation sites excluding steroid dienone is 2. The van der Waals surface area contributed by atoms with E-state index in [4.69, 9.17) is 0 Å². The van der Waals surface area contributed by atoms with E-state index in [1.807, 2.05) is 6.07 Å². The maximum Gasteiger partial charge on any atom is 0.166 e. The molecule has 25 heavy (non-hydrogen) atoms. The number of rotatable bonds is 4. The number of ketones is 1. The normalized spacial score (nSPS) is 17.5. The van der Waals surface area contributed by atoms with E-state index in [0.29, 0.717) is 5.78 Å². The molecule has 1 nitrogen and oxygen atoms in total. The first-order chi connectivity index (χ1) is 12.3. The zero-order valence-electron chi connectivity index (χ0n) is 14.5. The van der Waals surface area contributed by atoms with E-state index in [1.165, 1.54) is 21.9 Å². The summed E-state index contributed by atoms with van der Waals surface area (Å²) in [5.74, 6) is 0.275. The summed E-state index contributed by atoms with van der Waals surface area (Å²) in [6, 6.07) is 25.2. The van der Waals surface area contributed by atoms with Crippen molar-refractivity contribution in [2.75, 3.05) is 0 Å². The minimum atomic E-state index is -0.0404. The average Bonchev–Trinajstić information content (AvgIpc) is 2.99. The fraction of sp³-hybridized carbons (Fsp3) is 0.208. The molecular formula is C24H22O. The smallest absolute Gasteiger partial charge is 0.166 e. The van der Waals surface area contributed by atoms with Gasteiger partial charge in [0.05, 0.1) is 5.92 Å². The molecule has 0 heterocycles. The summed E-state index contributed by atoms with van der Waals surface area (Å²) >= 11 is 0. The predicted octanol–water partition coefficient (Wildman–Crippen LogP) is 6.15. The van der Waals surface area contributed by atoms with Crippen LogP contribution in [0.2, 0.25) is 0 Å². The first-order valence-corrected chi connectivity index (χ1v) is 9.08. The van der Waals surface area contributed by atoms with Crippen LogP contribution in [0.4, 0.5) is 0 Å². The van der Waals surface area contributed by atoms with Gasteiger partial charge in [0, 0.05) is 0 Å². The van der Waals surface area contributed by atoms with Gasteiger partial charge in [0.15, 0.2) is 5.78 Å². The highest BCUT2D eigenvalue weighted by Crippen LogP contribution is 2.42. The Morgan fingerprint density at radius 2 is 1.60 bits per heavy atom. The van der Waals surface area contributed by atoms with Crippen molar-refractivity contribution in [3.05, 3.63) is 89.5 Å². The zero-order chi connectivity index (χ0) is 17.2. The topological polar surface area (TPSA) is 17.1 Å². The quantitative estimate of drug-likeness (QED) is 0.562. The lowest BCUT2D eigenvalue weighted by Gasteiger charge is -2.11. The lowest BCUT2D eigenvalue weighted by Crippen LogP contribution is -2.08. The van der Waals surface area contributed by atoms with E-state index >= 15 is 0 Å². The van der Waals surface area contributed by atoms with E-state index in [0.717, 1.165) is 30.4 Å². The summed E-state index contributed by atoms with van der Waals surface area (Å²) in [5, 5.41) is 2.43. The zero-order valence-corrected chi connectivity index (χ0v) is 14.5. The number of carbonyl (C=O) groups excluding carboxylic acids is 1. The summed E-state index contributed by atoms with van der Waals surface area (Å²) in [4.78, 5) is 13.2. The lowest BCUT2D eigenvalue weighted by atomic mass is 9.91. The summed E-state index contributed by atoms with van der Waals surface area (Å²) in [7, 11) is 0. The van der Waals surface area contributed by atoms with Crippen molar-refractivity contribution in [3.63, 3.8) is 0 Å². The van der Waals surface area contributed by atoms with E-state index in [1.54, 1.807) is 0 Å². The van der Waals surface area contributed by atoms with Crippen LogP contribution in [0.3, 0.4) is 0 Å². The molecule has 0 fully saturated rings. The van der Waals surface area contributed by atoms with Crippen LogP contribution >= 0.6 is 0 Å². The molecule has 3 aromatic rings. The van der Waals surface area contributed by atoms with Crippen LogP contribution in [0, 0.1) is 0 Å². The molecule has 1 atom stereocenters. The summed E-state index contributed by atoms with van der Waals surface area (Å²) < 4.78 is 0. The summed E-state index contributed by atoms with van der Waals surface area (Å²) in [5.41, 5.74) is 4.61. The van der Waals surface area contributed by atoms with Crippen molar-refractivity contribution in [1.82, 2.24) is 0 Å². The Balaban J connectivity index is 1.74. The van der Waals surface area contributed by atoms with Gasteiger partial charge in [-0.2, -0.15) is 0 Å². The second-order valence-corrected chi connectivity index (χ2v) is 6.80. The van der Waals surface area contributed by atoms with Crippen molar-refractivity contribution in [2.24, 2.45) is 0 Å². The highest BCUT2D eigenvalue weighted by Gasteiger charge is 2.33. The molecule has 0 bridgehead atoms. The Hall–Kier alpha value is -2.67. The van der Waals surface area contributed by atoms with Crippen LogP contribution in [0.1, 0.15) is 43.2 Å². The standard InChI is InChI=1S/C24H22O/c1-2-8-21-22(18-10-4-3-5-11-18)16-23(24(21)25)20-14-13-17-9-6-7-12-19(17)15-20/h3-7,9-15,23H,2,8,16H2,1H3. The molecule has 0 spiro atoms. The third-order valence-corrected chi connectivity index (χ3v) is 5.18. The van der Waals surface area contributed by atoms with Crippen molar-refractivity contribution >= 4 is 22.1 Å². The van der Waals surface area contributed by atoms with Gasteiger partial charge in [0.1, 0.15) is 0 Å². The molecule has 0 amide bonds. The Bertz CT molecular complexity index is 950. The molecule has 0 aliphatic heterocycles. The number of fused-ring (bicyclic) bond motifs is 1. The Labute approximate surface area is 149 Å². The van der Waals surface area contributed by atoms with E-state index < -0.39 is 0 Å². The molecule has 0 N–H and O–H groups in total. The number of hydrogen-bond acceptors (Lipinski definition) is 1. The molecular weight excluding hydrogens is 304 g/mol. The van der Waals surface area contributed by atoms with E-state index in [2.05, 4.69) is 73.7 Å². The van der Waals surface area contributed by atoms with E-state index in [9.17, 15) is 4.79 Å². The molecule has 1 unspecified atom stereocenters. The second kappa shape index (κ2) is 6.68. The van der Waals surface area contributed by atoms with Gasteiger partial charge in [-0.15, -0.1) is 0 Å². The molecule has 1 heteroatoms. The summed E-state index contributed by atoms with van der Waals surface area (Å²) in [6.07, 6.45) is 2.69. The number of benzene rings is 3. The van der Waals surface area contributed by atoms with Gasteiger partial charge in [0.25, 0.3) is 0 Å². The van der Waals surface area contributed by atoms with Crippen molar-refractivity contribution in [3.8, 4) is 0 Å². The van der Waals surface area contributed by atoms with Gasteiger partial charge in [-0.05, 0) is 45.9 Å². The minimum absolute atomic E-state index is 0.0404. The fourth-order valence-corrected chi connectivity index (χ4v) is 3.93. The van der Waals surface area contributed by atoms with Crippen LogP contribution < -0.4 is 0 Å². The number of hydrogen-bond donors (Lipinski definition) is 0. The van der Waals surface area contributed by atoms with Crippen LogP contribution in [-0.4, -0.2) is 5.78 Å². The first-order valence-electron chi connectivity index (χ1n) is 9.08. The van der Waals surface area contributed by atoms with Crippen molar-refractivity contribution < 1.29 is 4.79 Å². The first kappa shape index (κ1) is 15.8. The molecule has 0 radical (unpaired) electrons. The monoisotopic (exact) mass is 326 g/mol. The third-order valence-electron chi connectivity index (χ3n) is 5.18. The SMILES string of the molecule is CCCC1=C(c2ccccc2)CC(c2ccc3ccccc3c2)C1=O. The third kappa shape index (κ3) is 2.91. The highest BCUT2D eigenvalue weighted by molar-refractivity contribution is 6.11. The molecule has 1 aliphatic rings. The Morgan fingerprint density at radius 3 is 2.36 bits per heavy atom. The van der Waals surface area contributed by atoms with Crippen LogP contribution in [0.5, 0.6) is 0 Å². The molecule has 4 rings (SSSR count). The summed E-state index contributed by atoms with van der Waals surface area (Å²) in [6.45, 7) is 2.15. The second-order valence-electron chi connectivity index (χ2n) is 6.80. The van der Waals surface area contributed by atoms with E-state index in [-0.39, 0.29) is 5.92 Å². The lowest BCUT2D eigenvalue weighted by molar-refractivity contribution is -0.116. The Morgan fingerprint density at radius 1 is 0.880 bits per heavy atom. The number of carbonyl (C=O) groups is 1. The molecule has 1 aliphatic carbocycles. The maximum absolute atomic E-state index is 13.2. The Kier molecular flexibility index (Phi) is 4.23. The minimum Gasteiger partial charge on any atom is -0.294 e. The molecule has 124 valence electrons. The van der Waals surface area contributed by atoms with Crippen LogP contribution in [0.15, 0.2) is 78.4 Å².